The number of esters is 2. The van der Waals surface area contributed by atoms with E-state index in [0.29, 0.717) is 6.54 Å². The van der Waals surface area contributed by atoms with Crippen LogP contribution in [-0.4, -0.2) is 51.2 Å². The van der Waals surface area contributed by atoms with E-state index < -0.39 is 18.0 Å². The molecular weight excluding hydrogens is 252 g/mol. The van der Waals surface area contributed by atoms with E-state index in [4.69, 9.17) is 0 Å². The molecule has 0 aliphatic carbocycles. The van der Waals surface area contributed by atoms with Gasteiger partial charge in [0.15, 0.2) is 0 Å². The molecule has 0 aromatic heterocycles. The monoisotopic (exact) mass is 272 g/mol. The summed E-state index contributed by atoms with van der Waals surface area (Å²) < 4.78 is 9.06. The molecule has 19 heavy (non-hydrogen) atoms. The van der Waals surface area contributed by atoms with Crippen LogP contribution in [0.3, 0.4) is 0 Å². The van der Waals surface area contributed by atoms with E-state index in [1.54, 1.807) is 0 Å². The van der Waals surface area contributed by atoms with Gasteiger partial charge < -0.3 is 20.1 Å². The van der Waals surface area contributed by atoms with Crippen molar-refractivity contribution in [1.29, 1.82) is 0 Å². The summed E-state index contributed by atoms with van der Waals surface area (Å²) in [6.07, 6.45) is 1.46. The number of ether oxygens (including phenoxy) is 2. The molecule has 108 valence electrons. The molecule has 0 aromatic carbocycles. The highest BCUT2D eigenvalue weighted by Crippen LogP contribution is 2.10. The molecule has 0 radical (unpaired) electrons. The minimum atomic E-state index is -0.994. The van der Waals surface area contributed by atoms with Gasteiger partial charge in [0, 0.05) is 6.54 Å². The Bertz CT molecular complexity index is 339. The normalized spacial score (nSPS) is 20.2. The van der Waals surface area contributed by atoms with Crippen molar-refractivity contribution < 1.29 is 23.9 Å². The molecule has 0 aromatic rings. The molecule has 7 nitrogen and oxygen atoms in total. The summed E-state index contributed by atoms with van der Waals surface area (Å²) in [5.74, 6) is -1.65. The fourth-order valence-electron chi connectivity index (χ4n) is 1.95. The Morgan fingerprint density at radius 3 is 2.58 bits per heavy atom. The largest absolute Gasteiger partial charge is 0.469 e. The topological polar surface area (TPSA) is 93.7 Å². The van der Waals surface area contributed by atoms with Gasteiger partial charge in [0.25, 0.3) is 0 Å². The zero-order valence-electron chi connectivity index (χ0n) is 11.2. The number of methoxy groups -OCH3 is 2. The van der Waals surface area contributed by atoms with Crippen molar-refractivity contribution in [3.05, 3.63) is 0 Å². The first-order valence-electron chi connectivity index (χ1n) is 6.24. The lowest BCUT2D eigenvalue weighted by atomic mass is 9.98. The van der Waals surface area contributed by atoms with E-state index in [9.17, 15) is 14.4 Å². The standard InChI is InChI=1S/C12H20N2O5/c1-18-10(15)6-9(12(17)19-2)14-11(16)8-4-3-5-13-7-8/h8-9,13H,3-7H2,1-2H3,(H,14,16). The molecule has 1 aliphatic heterocycles. The molecular formula is C12H20N2O5. The quantitative estimate of drug-likeness (QED) is 0.637. The average molecular weight is 272 g/mol. The van der Waals surface area contributed by atoms with Gasteiger partial charge in [0.2, 0.25) is 5.91 Å². The molecule has 1 rings (SSSR count). The Kier molecular flexibility index (Phi) is 6.27. The fourth-order valence-corrected chi connectivity index (χ4v) is 1.95. The van der Waals surface area contributed by atoms with Crippen LogP contribution in [0.25, 0.3) is 0 Å². The lowest BCUT2D eigenvalue weighted by Crippen LogP contribution is -2.48. The van der Waals surface area contributed by atoms with Gasteiger partial charge in [-0.05, 0) is 19.4 Å². The number of carbonyl (C=O) groups is 3. The van der Waals surface area contributed by atoms with Gasteiger partial charge in [-0.1, -0.05) is 0 Å². The first kappa shape index (κ1) is 15.4. The van der Waals surface area contributed by atoms with Crippen molar-refractivity contribution in [2.75, 3.05) is 27.3 Å². The molecule has 2 atom stereocenters. The SMILES string of the molecule is COC(=O)CC(NC(=O)C1CCCNC1)C(=O)OC. The summed E-state index contributed by atoms with van der Waals surface area (Å²) in [6, 6.07) is -0.994. The maximum atomic E-state index is 12.0. The number of amides is 1. The zero-order chi connectivity index (χ0) is 14.3. The van der Waals surface area contributed by atoms with Crippen molar-refractivity contribution in [3.63, 3.8) is 0 Å². The lowest BCUT2D eigenvalue weighted by molar-refractivity contribution is -0.151. The first-order valence-corrected chi connectivity index (χ1v) is 6.24. The highest BCUT2D eigenvalue weighted by atomic mass is 16.5. The maximum Gasteiger partial charge on any atom is 0.328 e. The Balaban J connectivity index is 2.57. The molecule has 7 heteroatoms. The van der Waals surface area contributed by atoms with E-state index in [1.807, 2.05) is 0 Å². The summed E-state index contributed by atoms with van der Waals surface area (Å²) in [5.41, 5.74) is 0. The minimum absolute atomic E-state index is 0.182. The van der Waals surface area contributed by atoms with Crippen LogP contribution in [0.15, 0.2) is 0 Å². The zero-order valence-corrected chi connectivity index (χ0v) is 11.2. The van der Waals surface area contributed by atoms with Gasteiger partial charge in [0.05, 0.1) is 26.6 Å². The summed E-state index contributed by atoms with van der Waals surface area (Å²) in [6.45, 7) is 1.48. The lowest BCUT2D eigenvalue weighted by Gasteiger charge is -2.24. The third-order valence-corrected chi connectivity index (χ3v) is 3.07. The second-order valence-electron chi connectivity index (χ2n) is 4.41. The molecule has 1 amide bonds. The van der Waals surface area contributed by atoms with Crippen molar-refractivity contribution in [1.82, 2.24) is 10.6 Å². The number of carbonyl (C=O) groups excluding carboxylic acids is 3. The number of hydrogen-bond acceptors (Lipinski definition) is 6. The van der Waals surface area contributed by atoms with Gasteiger partial charge >= 0.3 is 11.9 Å². The fraction of sp³-hybridized carbons (Fsp3) is 0.750. The molecule has 1 fully saturated rings. The van der Waals surface area contributed by atoms with Crippen molar-refractivity contribution >= 4 is 17.8 Å². The van der Waals surface area contributed by atoms with Crippen molar-refractivity contribution in [2.45, 2.75) is 25.3 Å². The van der Waals surface area contributed by atoms with E-state index >= 15 is 0 Å². The van der Waals surface area contributed by atoms with Crippen LogP contribution in [0.2, 0.25) is 0 Å². The van der Waals surface area contributed by atoms with Crippen LogP contribution < -0.4 is 10.6 Å². The Labute approximate surface area is 112 Å². The summed E-state index contributed by atoms with van der Waals surface area (Å²) in [7, 11) is 2.44. The van der Waals surface area contributed by atoms with Gasteiger partial charge in [0.1, 0.15) is 6.04 Å². The Hall–Kier alpha value is -1.63. The van der Waals surface area contributed by atoms with E-state index in [1.165, 1.54) is 14.2 Å². The number of hydrogen-bond donors (Lipinski definition) is 2. The molecule has 1 aliphatic rings. The minimum Gasteiger partial charge on any atom is -0.469 e. The second-order valence-corrected chi connectivity index (χ2v) is 4.41. The highest BCUT2D eigenvalue weighted by molar-refractivity contribution is 5.88. The van der Waals surface area contributed by atoms with Crippen LogP contribution >= 0.6 is 0 Å². The van der Waals surface area contributed by atoms with Gasteiger partial charge in [-0.3, -0.25) is 9.59 Å². The molecule has 0 saturated carbocycles. The second kappa shape index (κ2) is 7.73. The Morgan fingerprint density at radius 1 is 1.32 bits per heavy atom. The van der Waals surface area contributed by atoms with Crippen molar-refractivity contribution in [2.24, 2.45) is 5.92 Å². The van der Waals surface area contributed by atoms with Crippen LogP contribution in [0, 0.1) is 5.92 Å². The molecule has 1 heterocycles. The smallest absolute Gasteiger partial charge is 0.328 e. The molecule has 2 unspecified atom stereocenters. The van der Waals surface area contributed by atoms with E-state index in [-0.39, 0.29) is 18.2 Å². The van der Waals surface area contributed by atoms with Crippen LogP contribution in [0.5, 0.6) is 0 Å². The molecule has 2 N–H and O–H groups in total. The third kappa shape index (κ3) is 4.86. The first-order chi connectivity index (χ1) is 9.08. The van der Waals surface area contributed by atoms with Gasteiger partial charge in [-0.2, -0.15) is 0 Å². The summed E-state index contributed by atoms with van der Waals surface area (Å²) in [4.78, 5) is 34.7. The van der Waals surface area contributed by atoms with Crippen molar-refractivity contribution in [3.8, 4) is 0 Å². The maximum absolute atomic E-state index is 12.0. The predicted molar refractivity (Wildman–Crippen MR) is 66.2 cm³/mol. The molecule has 0 bridgehead atoms. The van der Waals surface area contributed by atoms with E-state index in [2.05, 4.69) is 20.1 Å². The predicted octanol–water partition coefficient (Wildman–Crippen LogP) is -0.793. The Morgan fingerprint density at radius 2 is 2.05 bits per heavy atom. The van der Waals surface area contributed by atoms with E-state index in [0.717, 1.165) is 19.4 Å². The molecule has 1 saturated heterocycles. The molecule has 0 spiro atoms. The van der Waals surface area contributed by atoms with Crippen LogP contribution in [0.1, 0.15) is 19.3 Å². The highest BCUT2D eigenvalue weighted by Gasteiger charge is 2.29. The van der Waals surface area contributed by atoms with Gasteiger partial charge in [-0.15, -0.1) is 0 Å². The number of nitrogens with one attached hydrogen (secondary N) is 2. The number of rotatable bonds is 5. The average Bonchev–Trinajstić information content (AvgIpc) is 2.46. The summed E-state index contributed by atoms with van der Waals surface area (Å²) >= 11 is 0. The third-order valence-electron chi connectivity index (χ3n) is 3.07. The van der Waals surface area contributed by atoms with Crippen LogP contribution in [0.4, 0.5) is 0 Å². The van der Waals surface area contributed by atoms with Gasteiger partial charge in [-0.25, -0.2) is 4.79 Å². The number of piperidine rings is 1. The van der Waals surface area contributed by atoms with Crippen LogP contribution in [-0.2, 0) is 23.9 Å². The summed E-state index contributed by atoms with van der Waals surface area (Å²) in [5, 5.41) is 5.66.